The van der Waals surface area contributed by atoms with E-state index in [9.17, 15) is 14.9 Å². The third kappa shape index (κ3) is 3.14. The third-order valence-corrected chi connectivity index (χ3v) is 1.60. The fourth-order valence-corrected chi connectivity index (χ4v) is 0.753. The van der Waals surface area contributed by atoms with Crippen LogP contribution in [0.4, 0.5) is 0 Å². The first-order chi connectivity index (χ1) is 5.49. The molecule has 0 bridgehead atoms. The smallest absolute Gasteiger partial charge is 0.244 e. The van der Waals surface area contributed by atoms with E-state index < -0.39 is 16.9 Å². The lowest BCUT2D eigenvalue weighted by Gasteiger charge is -2.05. The van der Waals surface area contributed by atoms with Gasteiger partial charge >= 0.3 is 0 Å². The topological polar surface area (TPSA) is 86.2 Å². The van der Waals surface area contributed by atoms with E-state index >= 15 is 0 Å². The maximum absolute atomic E-state index is 10.5. The van der Waals surface area contributed by atoms with Gasteiger partial charge in [0.25, 0.3) is 0 Å². The summed E-state index contributed by atoms with van der Waals surface area (Å²) >= 11 is 0. The minimum absolute atomic E-state index is 0.0405. The van der Waals surface area contributed by atoms with Gasteiger partial charge in [0.05, 0.1) is 0 Å². The Hall–Kier alpha value is -1.39. The molecule has 0 aliphatic carbocycles. The average Bonchev–Trinajstić information content (AvgIpc) is 1.98. The van der Waals surface area contributed by atoms with Crippen LogP contribution in [0, 0.1) is 10.1 Å². The second kappa shape index (κ2) is 4.48. The Morgan fingerprint density at radius 3 is 2.50 bits per heavy atom. The summed E-state index contributed by atoms with van der Waals surface area (Å²) in [5.74, 6) is -0.671. The van der Waals surface area contributed by atoms with Crippen molar-refractivity contribution in [3.05, 3.63) is 22.3 Å². The van der Waals surface area contributed by atoms with Crippen LogP contribution in [0.2, 0.25) is 0 Å². The average molecular weight is 172 g/mol. The number of nitro groups is 1. The van der Waals surface area contributed by atoms with Crippen LogP contribution in [0.5, 0.6) is 0 Å². The molecule has 0 aliphatic heterocycles. The van der Waals surface area contributed by atoms with Gasteiger partial charge in [-0.05, 0) is 0 Å². The summed E-state index contributed by atoms with van der Waals surface area (Å²) in [5, 5.41) is 10.3. The van der Waals surface area contributed by atoms with E-state index in [1.807, 2.05) is 0 Å². The van der Waals surface area contributed by atoms with Gasteiger partial charge in [0.1, 0.15) is 0 Å². The Morgan fingerprint density at radius 2 is 2.25 bits per heavy atom. The molecule has 2 N–H and O–H groups in total. The highest BCUT2D eigenvalue weighted by Gasteiger charge is 2.20. The molecule has 1 amide bonds. The van der Waals surface area contributed by atoms with Crippen molar-refractivity contribution in [1.82, 2.24) is 0 Å². The zero-order valence-corrected chi connectivity index (χ0v) is 6.95. The van der Waals surface area contributed by atoms with Crippen molar-refractivity contribution < 1.29 is 9.72 Å². The zero-order chi connectivity index (χ0) is 9.72. The van der Waals surface area contributed by atoms with Crippen molar-refractivity contribution in [3.63, 3.8) is 0 Å². The molecule has 0 rings (SSSR count). The summed E-state index contributed by atoms with van der Waals surface area (Å²) in [6, 6.07) is -0.745. The second-order valence-corrected chi connectivity index (χ2v) is 2.52. The largest absolute Gasteiger partial charge is 0.366 e. The summed E-state index contributed by atoms with van der Waals surface area (Å²) < 4.78 is 0. The first kappa shape index (κ1) is 10.6. The Labute approximate surface area is 70.4 Å². The summed E-state index contributed by atoms with van der Waals surface area (Å²) in [6.07, 6.45) is 0.415. The number of carbonyl (C=O) groups excluding carboxylic acids is 1. The van der Waals surface area contributed by atoms with Crippen molar-refractivity contribution >= 4 is 5.91 Å². The fourth-order valence-electron chi connectivity index (χ4n) is 0.753. The van der Waals surface area contributed by atoms with Gasteiger partial charge in [0.2, 0.25) is 11.9 Å². The Kier molecular flexibility index (Phi) is 3.96. The predicted octanol–water partition coefficient (Wildman–Crippen LogP) is 0.473. The molecule has 1 atom stereocenters. The second-order valence-electron chi connectivity index (χ2n) is 2.52. The van der Waals surface area contributed by atoms with E-state index in [1.54, 1.807) is 6.92 Å². The van der Waals surface area contributed by atoms with Gasteiger partial charge in [-0.15, -0.1) is 0 Å². The number of nitrogens with zero attached hydrogens (tertiary/aromatic N) is 1. The molecule has 12 heavy (non-hydrogen) atoms. The fraction of sp³-hybridized carbons (Fsp3) is 0.571. The first-order valence-corrected chi connectivity index (χ1v) is 3.60. The molecule has 5 nitrogen and oxygen atoms in total. The summed E-state index contributed by atoms with van der Waals surface area (Å²) in [4.78, 5) is 20.4. The molecule has 5 heteroatoms. The normalized spacial score (nSPS) is 12.1. The summed E-state index contributed by atoms with van der Waals surface area (Å²) in [5.41, 5.74) is 4.99. The number of rotatable bonds is 5. The van der Waals surface area contributed by atoms with Gasteiger partial charge < -0.3 is 5.73 Å². The molecule has 0 aromatic rings. The van der Waals surface area contributed by atoms with Gasteiger partial charge in [0.15, 0.2) is 0 Å². The van der Waals surface area contributed by atoms with E-state index in [1.165, 1.54) is 0 Å². The first-order valence-electron chi connectivity index (χ1n) is 3.60. The lowest BCUT2D eigenvalue weighted by atomic mass is 10.1. The van der Waals surface area contributed by atoms with Gasteiger partial charge in [-0.1, -0.05) is 13.5 Å². The van der Waals surface area contributed by atoms with E-state index in [0.29, 0.717) is 6.42 Å². The van der Waals surface area contributed by atoms with Crippen LogP contribution >= 0.6 is 0 Å². The Balaban J connectivity index is 4.12. The number of primary amides is 1. The molecule has 0 saturated carbocycles. The Morgan fingerprint density at radius 1 is 1.75 bits per heavy atom. The maximum atomic E-state index is 10.5. The molecule has 0 aromatic carbocycles. The molecule has 0 spiro atoms. The van der Waals surface area contributed by atoms with E-state index in [0.717, 1.165) is 0 Å². The predicted molar refractivity (Wildman–Crippen MR) is 44.0 cm³/mol. The monoisotopic (exact) mass is 172 g/mol. The lowest BCUT2D eigenvalue weighted by molar-refractivity contribution is -0.522. The summed E-state index contributed by atoms with van der Waals surface area (Å²) in [7, 11) is 0. The molecule has 0 fully saturated rings. The van der Waals surface area contributed by atoms with Crippen molar-refractivity contribution in [1.29, 1.82) is 0 Å². The molecule has 0 radical (unpaired) electrons. The van der Waals surface area contributed by atoms with Crippen LogP contribution < -0.4 is 5.73 Å². The molecular formula is C7H12N2O3. The van der Waals surface area contributed by atoms with Crippen LogP contribution in [0.1, 0.15) is 19.8 Å². The lowest BCUT2D eigenvalue weighted by Crippen LogP contribution is -2.23. The quantitative estimate of drug-likeness (QED) is 0.371. The molecule has 0 heterocycles. The van der Waals surface area contributed by atoms with Gasteiger partial charge in [-0.3, -0.25) is 14.9 Å². The number of hydrogen-bond acceptors (Lipinski definition) is 3. The van der Waals surface area contributed by atoms with Crippen molar-refractivity contribution in [2.75, 3.05) is 0 Å². The van der Waals surface area contributed by atoms with Crippen LogP contribution in [-0.2, 0) is 4.79 Å². The Bertz CT molecular complexity index is 213. The van der Waals surface area contributed by atoms with Crippen LogP contribution in [0.3, 0.4) is 0 Å². The standard InChI is InChI=1S/C7H12N2O3/c1-3-6(9(11)12)4-5(2)7(8)10/h6H,2-4H2,1H3,(H2,8,10). The number of carbonyl (C=O) groups is 1. The van der Waals surface area contributed by atoms with Crippen LogP contribution in [0.25, 0.3) is 0 Å². The highest BCUT2D eigenvalue weighted by molar-refractivity contribution is 5.91. The van der Waals surface area contributed by atoms with Crippen molar-refractivity contribution in [2.24, 2.45) is 5.73 Å². The van der Waals surface area contributed by atoms with E-state index in [-0.39, 0.29) is 12.0 Å². The van der Waals surface area contributed by atoms with Gasteiger partial charge in [-0.2, -0.15) is 0 Å². The highest BCUT2D eigenvalue weighted by atomic mass is 16.6. The van der Waals surface area contributed by atoms with Crippen LogP contribution in [0.15, 0.2) is 12.2 Å². The highest BCUT2D eigenvalue weighted by Crippen LogP contribution is 2.08. The van der Waals surface area contributed by atoms with Crippen LogP contribution in [-0.4, -0.2) is 16.9 Å². The van der Waals surface area contributed by atoms with E-state index in [2.05, 4.69) is 6.58 Å². The molecule has 68 valence electrons. The van der Waals surface area contributed by atoms with Gasteiger partial charge in [-0.25, -0.2) is 0 Å². The number of nitrogens with two attached hydrogens (primary N) is 1. The van der Waals surface area contributed by atoms with E-state index in [4.69, 9.17) is 5.73 Å². The molecule has 1 unspecified atom stereocenters. The zero-order valence-electron chi connectivity index (χ0n) is 6.95. The molecule has 0 aliphatic rings. The van der Waals surface area contributed by atoms with Crippen molar-refractivity contribution in [2.45, 2.75) is 25.8 Å². The number of amides is 1. The number of hydrogen-bond donors (Lipinski definition) is 1. The minimum Gasteiger partial charge on any atom is -0.366 e. The minimum atomic E-state index is -0.745. The third-order valence-electron chi connectivity index (χ3n) is 1.60. The van der Waals surface area contributed by atoms with Gasteiger partial charge in [0, 0.05) is 23.3 Å². The summed E-state index contributed by atoms with van der Waals surface area (Å²) in [6.45, 7) is 5.03. The molecule has 0 aromatic heterocycles. The maximum Gasteiger partial charge on any atom is 0.244 e. The van der Waals surface area contributed by atoms with Crippen molar-refractivity contribution in [3.8, 4) is 0 Å². The SMILES string of the molecule is C=C(CC(CC)[N+](=O)[O-])C(N)=O. The molecular weight excluding hydrogens is 160 g/mol. The molecule has 0 saturated heterocycles.